The number of carbonyl (C=O) groups is 1. The second kappa shape index (κ2) is 5.33. The van der Waals surface area contributed by atoms with Crippen molar-refractivity contribution in [1.82, 2.24) is 20.2 Å². The molecule has 0 saturated heterocycles. The third-order valence-corrected chi connectivity index (χ3v) is 4.22. The number of rotatable bonds is 3. The van der Waals surface area contributed by atoms with Crippen LogP contribution in [0.1, 0.15) is 10.4 Å². The van der Waals surface area contributed by atoms with Crippen molar-refractivity contribution in [1.29, 1.82) is 0 Å². The SMILES string of the molecule is O=C(Nc1cn[nH]c1-c1nccs1)c1c[nH]c2cccc(F)c12. The smallest absolute Gasteiger partial charge is 0.258 e. The van der Waals surface area contributed by atoms with Crippen LogP contribution in [0.3, 0.4) is 0 Å². The minimum absolute atomic E-state index is 0.240. The topological polar surface area (TPSA) is 86.5 Å². The number of fused-ring (bicyclic) bond motifs is 1. The van der Waals surface area contributed by atoms with Crippen molar-refractivity contribution in [2.45, 2.75) is 0 Å². The van der Waals surface area contributed by atoms with Crippen LogP contribution in [0.25, 0.3) is 21.6 Å². The number of aromatic nitrogens is 4. The van der Waals surface area contributed by atoms with Gasteiger partial charge in [0.05, 0.1) is 17.4 Å². The number of thiazole rings is 1. The highest BCUT2D eigenvalue weighted by atomic mass is 32.1. The molecule has 4 rings (SSSR count). The fourth-order valence-corrected chi connectivity index (χ4v) is 3.05. The monoisotopic (exact) mass is 327 g/mol. The number of anilines is 1. The lowest BCUT2D eigenvalue weighted by Crippen LogP contribution is -2.11. The molecule has 1 aromatic carbocycles. The van der Waals surface area contributed by atoms with Crippen molar-refractivity contribution in [2.24, 2.45) is 0 Å². The predicted octanol–water partition coefficient (Wildman–Crippen LogP) is 3.41. The van der Waals surface area contributed by atoms with E-state index in [-0.39, 0.29) is 10.9 Å². The number of nitrogens with zero attached hydrogens (tertiary/aromatic N) is 2. The number of aromatic amines is 2. The fraction of sp³-hybridized carbons (Fsp3) is 0. The van der Waals surface area contributed by atoms with E-state index in [0.717, 1.165) is 0 Å². The average Bonchev–Trinajstić information content (AvgIpc) is 3.27. The second-order valence-corrected chi connectivity index (χ2v) is 5.71. The maximum Gasteiger partial charge on any atom is 0.258 e. The fourth-order valence-electron chi connectivity index (χ4n) is 2.40. The van der Waals surface area contributed by atoms with Crippen LogP contribution in [0.15, 0.2) is 42.2 Å². The Hall–Kier alpha value is -3.00. The van der Waals surface area contributed by atoms with Gasteiger partial charge in [-0.05, 0) is 12.1 Å². The molecule has 0 radical (unpaired) electrons. The summed E-state index contributed by atoms with van der Waals surface area (Å²) in [5.41, 5.74) is 1.93. The van der Waals surface area contributed by atoms with Crippen molar-refractivity contribution >= 4 is 33.8 Å². The Morgan fingerprint density at radius 2 is 2.26 bits per heavy atom. The molecule has 0 aliphatic heterocycles. The molecule has 0 spiro atoms. The average molecular weight is 327 g/mol. The van der Waals surface area contributed by atoms with E-state index in [0.29, 0.717) is 21.9 Å². The zero-order valence-electron chi connectivity index (χ0n) is 11.6. The molecule has 114 valence electrons. The predicted molar refractivity (Wildman–Crippen MR) is 85.9 cm³/mol. The lowest BCUT2D eigenvalue weighted by Gasteiger charge is -2.04. The molecule has 23 heavy (non-hydrogen) atoms. The van der Waals surface area contributed by atoms with Gasteiger partial charge in [-0.3, -0.25) is 9.89 Å². The van der Waals surface area contributed by atoms with Crippen molar-refractivity contribution in [3.63, 3.8) is 0 Å². The molecule has 1 amide bonds. The van der Waals surface area contributed by atoms with Gasteiger partial charge in [-0.2, -0.15) is 5.10 Å². The van der Waals surface area contributed by atoms with Gasteiger partial charge in [0.1, 0.15) is 16.5 Å². The highest BCUT2D eigenvalue weighted by Gasteiger charge is 2.18. The van der Waals surface area contributed by atoms with Gasteiger partial charge < -0.3 is 10.3 Å². The number of amides is 1. The first kappa shape index (κ1) is 13.6. The zero-order chi connectivity index (χ0) is 15.8. The van der Waals surface area contributed by atoms with Crippen molar-refractivity contribution in [2.75, 3.05) is 5.32 Å². The van der Waals surface area contributed by atoms with Gasteiger partial charge in [-0.1, -0.05) is 6.07 Å². The van der Waals surface area contributed by atoms with Gasteiger partial charge in [-0.25, -0.2) is 9.37 Å². The van der Waals surface area contributed by atoms with Gasteiger partial charge in [0.2, 0.25) is 0 Å². The summed E-state index contributed by atoms with van der Waals surface area (Å²) in [4.78, 5) is 19.6. The molecule has 0 aliphatic rings. The van der Waals surface area contributed by atoms with Crippen LogP contribution in [0.2, 0.25) is 0 Å². The van der Waals surface area contributed by atoms with Gasteiger partial charge >= 0.3 is 0 Å². The highest BCUT2D eigenvalue weighted by Crippen LogP contribution is 2.28. The molecule has 0 bridgehead atoms. The summed E-state index contributed by atoms with van der Waals surface area (Å²) >= 11 is 1.42. The van der Waals surface area contributed by atoms with E-state index in [4.69, 9.17) is 0 Å². The van der Waals surface area contributed by atoms with Crippen LogP contribution in [0.4, 0.5) is 10.1 Å². The van der Waals surface area contributed by atoms with Crippen molar-refractivity contribution in [3.8, 4) is 10.7 Å². The van der Waals surface area contributed by atoms with E-state index < -0.39 is 11.7 Å². The summed E-state index contributed by atoms with van der Waals surface area (Å²) in [6, 6.07) is 4.63. The lowest BCUT2D eigenvalue weighted by atomic mass is 10.1. The van der Waals surface area contributed by atoms with Gasteiger partial charge in [0.15, 0.2) is 0 Å². The Morgan fingerprint density at radius 1 is 1.35 bits per heavy atom. The number of benzene rings is 1. The molecule has 0 saturated carbocycles. The number of hydrogen-bond acceptors (Lipinski definition) is 4. The van der Waals surface area contributed by atoms with E-state index >= 15 is 0 Å². The summed E-state index contributed by atoms with van der Waals surface area (Å²) in [7, 11) is 0. The summed E-state index contributed by atoms with van der Waals surface area (Å²) in [6.07, 6.45) is 4.66. The molecule has 0 unspecified atom stereocenters. The third-order valence-electron chi connectivity index (χ3n) is 3.43. The van der Waals surface area contributed by atoms with Crippen LogP contribution >= 0.6 is 11.3 Å². The number of carbonyl (C=O) groups excluding carboxylic acids is 1. The van der Waals surface area contributed by atoms with Crippen LogP contribution in [0, 0.1) is 5.82 Å². The van der Waals surface area contributed by atoms with E-state index in [1.807, 2.05) is 5.38 Å². The van der Waals surface area contributed by atoms with E-state index in [1.165, 1.54) is 29.8 Å². The Labute approximate surface area is 133 Å². The molecule has 3 heterocycles. The first-order chi connectivity index (χ1) is 11.2. The molecule has 3 aromatic heterocycles. The van der Waals surface area contributed by atoms with Crippen LogP contribution in [-0.4, -0.2) is 26.1 Å². The van der Waals surface area contributed by atoms with Gasteiger partial charge in [-0.15, -0.1) is 11.3 Å². The Kier molecular flexibility index (Phi) is 3.16. The summed E-state index contributed by atoms with van der Waals surface area (Å²) in [6.45, 7) is 0. The lowest BCUT2D eigenvalue weighted by molar-refractivity contribution is 0.102. The maximum atomic E-state index is 14.0. The number of H-pyrrole nitrogens is 2. The number of nitrogens with one attached hydrogen (secondary N) is 3. The minimum Gasteiger partial charge on any atom is -0.360 e. The van der Waals surface area contributed by atoms with Crippen LogP contribution in [0.5, 0.6) is 0 Å². The molecule has 8 heteroatoms. The molecule has 6 nitrogen and oxygen atoms in total. The number of hydrogen-bond donors (Lipinski definition) is 3. The largest absolute Gasteiger partial charge is 0.360 e. The first-order valence-electron chi connectivity index (χ1n) is 6.74. The third kappa shape index (κ3) is 2.29. The zero-order valence-corrected chi connectivity index (χ0v) is 12.4. The van der Waals surface area contributed by atoms with E-state index in [9.17, 15) is 9.18 Å². The van der Waals surface area contributed by atoms with Crippen LogP contribution in [-0.2, 0) is 0 Å². The normalized spacial score (nSPS) is 11.0. The van der Waals surface area contributed by atoms with E-state index in [1.54, 1.807) is 18.3 Å². The molecular formula is C15H10FN5OS. The number of halogens is 1. The Bertz CT molecular complexity index is 989. The van der Waals surface area contributed by atoms with Crippen molar-refractivity contribution < 1.29 is 9.18 Å². The summed E-state index contributed by atoms with van der Waals surface area (Å²) in [5, 5.41) is 12.3. The quantitative estimate of drug-likeness (QED) is 0.539. The minimum atomic E-state index is -0.443. The molecule has 3 N–H and O–H groups in total. The molecule has 4 aromatic rings. The van der Waals surface area contributed by atoms with Crippen LogP contribution < -0.4 is 5.32 Å². The molecule has 0 atom stereocenters. The highest BCUT2D eigenvalue weighted by molar-refractivity contribution is 7.13. The maximum absolute atomic E-state index is 14.0. The van der Waals surface area contributed by atoms with Crippen molar-refractivity contribution in [3.05, 3.63) is 53.6 Å². The molecular weight excluding hydrogens is 317 g/mol. The molecule has 0 aliphatic carbocycles. The summed E-state index contributed by atoms with van der Waals surface area (Å²) in [5.74, 6) is -0.859. The Balaban J connectivity index is 1.70. The van der Waals surface area contributed by atoms with Gasteiger partial charge in [0, 0.05) is 28.7 Å². The Morgan fingerprint density at radius 3 is 3.09 bits per heavy atom. The van der Waals surface area contributed by atoms with E-state index in [2.05, 4.69) is 25.5 Å². The molecule has 0 fully saturated rings. The second-order valence-electron chi connectivity index (χ2n) is 4.81. The first-order valence-corrected chi connectivity index (χ1v) is 7.62. The summed E-state index contributed by atoms with van der Waals surface area (Å²) < 4.78 is 14.0. The van der Waals surface area contributed by atoms with Gasteiger partial charge in [0.25, 0.3) is 5.91 Å². The standard InChI is InChI=1S/C15H10FN5OS/c16-9-2-1-3-10-12(9)8(6-18-10)14(22)20-11-7-19-21-13(11)15-17-4-5-23-15/h1-7,18H,(H,19,21)(H,20,22).